The number of nitrogens with one attached hydrogen (secondary N) is 1. The Morgan fingerprint density at radius 3 is 2.83 bits per heavy atom. The van der Waals surface area contributed by atoms with Crippen LogP contribution in [0.25, 0.3) is 11.3 Å². The van der Waals surface area contributed by atoms with Crippen LogP contribution in [-0.4, -0.2) is 32.3 Å². The predicted molar refractivity (Wildman–Crippen MR) is 82.1 cm³/mol. The molecular weight excluding hydrogens is 317 g/mol. The summed E-state index contributed by atoms with van der Waals surface area (Å²) in [5, 5.41) is 14.1. The lowest BCUT2D eigenvalue weighted by atomic mass is 10.2. The van der Waals surface area contributed by atoms with Gasteiger partial charge in [0.25, 0.3) is 5.91 Å². The average molecular weight is 329 g/mol. The third kappa shape index (κ3) is 3.61. The summed E-state index contributed by atoms with van der Waals surface area (Å²) in [7, 11) is 0. The van der Waals surface area contributed by atoms with E-state index in [4.69, 9.17) is 10.2 Å². The highest BCUT2D eigenvalue weighted by Crippen LogP contribution is 2.21. The molecule has 0 saturated heterocycles. The molecule has 0 bridgehead atoms. The fourth-order valence-corrected chi connectivity index (χ4v) is 1.85. The van der Waals surface area contributed by atoms with E-state index in [2.05, 4.69) is 26.1 Å². The number of nitrogens with two attached hydrogens (primary N) is 1. The molecule has 0 atom stereocenters. The van der Waals surface area contributed by atoms with Crippen LogP contribution in [0.5, 0.6) is 0 Å². The zero-order valence-corrected chi connectivity index (χ0v) is 12.3. The predicted octanol–water partition coefficient (Wildman–Crippen LogP) is 0.805. The van der Waals surface area contributed by atoms with Crippen LogP contribution in [0.3, 0.4) is 0 Å². The van der Waals surface area contributed by atoms with Gasteiger partial charge in [-0.3, -0.25) is 4.79 Å². The topological polar surface area (TPSA) is 124 Å². The Morgan fingerprint density at radius 2 is 2.12 bits per heavy atom. The molecule has 0 radical (unpaired) electrons. The Kier molecular flexibility index (Phi) is 4.27. The molecule has 9 nitrogen and oxygen atoms in total. The molecule has 3 rings (SSSR count). The van der Waals surface area contributed by atoms with Crippen LogP contribution in [0.4, 0.5) is 10.3 Å². The number of tetrazole rings is 1. The molecule has 3 aromatic rings. The van der Waals surface area contributed by atoms with Crippen molar-refractivity contribution in [2.24, 2.45) is 5.10 Å². The molecule has 10 heteroatoms. The molecule has 0 aliphatic rings. The Labute approximate surface area is 135 Å². The fraction of sp³-hybridized carbons (Fsp3) is 0.0714. The minimum absolute atomic E-state index is 0.0316. The lowest BCUT2D eigenvalue weighted by molar-refractivity contribution is -0.121. The monoisotopic (exact) mass is 329 g/mol. The first-order valence-electron chi connectivity index (χ1n) is 6.81. The first-order chi connectivity index (χ1) is 11.6. The summed E-state index contributed by atoms with van der Waals surface area (Å²) in [5.41, 5.74) is 8.48. The SMILES string of the molecule is Nc1nnnn1CC(=O)N/N=C\c1ccc(-c2ccc(F)cc2)o1. The van der Waals surface area contributed by atoms with Gasteiger partial charge in [0.15, 0.2) is 0 Å². The number of halogens is 1. The summed E-state index contributed by atoms with van der Waals surface area (Å²) in [6, 6.07) is 9.29. The van der Waals surface area contributed by atoms with Gasteiger partial charge in [-0.1, -0.05) is 5.10 Å². The van der Waals surface area contributed by atoms with Crippen LogP contribution in [0.2, 0.25) is 0 Å². The van der Waals surface area contributed by atoms with E-state index in [1.54, 1.807) is 24.3 Å². The summed E-state index contributed by atoms with van der Waals surface area (Å²) in [5.74, 6) is 0.249. The van der Waals surface area contributed by atoms with E-state index in [0.29, 0.717) is 11.5 Å². The summed E-state index contributed by atoms with van der Waals surface area (Å²) in [6.45, 7) is -0.158. The van der Waals surface area contributed by atoms with E-state index in [-0.39, 0.29) is 18.3 Å². The number of nitrogen functional groups attached to an aromatic ring is 1. The summed E-state index contributed by atoms with van der Waals surface area (Å²) >= 11 is 0. The second kappa shape index (κ2) is 6.69. The number of benzene rings is 1. The summed E-state index contributed by atoms with van der Waals surface area (Å²) < 4.78 is 19.6. The molecule has 2 heterocycles. The molecule has 122 valence electrons. The maximum Gasteiger partial charge on any atom is 0.261 e. The largest absolute Gasteiger partial charge is 0.455 e. The van der Waals surface area contributed by atoms with Crippen LogP contribution in [0.1, 0.15) is 5.76 Å². The maximum absolute atomic E-state index is 12.9. The van der Waals surface area contributed by atoms with Crippen LogP contribution < -0.4 is 11.2 Å². The number of carbonyl (C=O) groups is 1. The van der Waals surface area contributed by atoms with Crippen molar-refractivity contribution in [2.75, 3.05) is 5.73 Å². The molecule has 0 spiro atoms. The van der Waals surface area contributed by atoms with Crippen molar-refractivity contribution in [3.8, 4) is 11.3 Å². The molecular formula is C14H12FN7O2. The molecule has 0 aliphatic carbocycles. The standard InChI is InChI=1S/C14H12FN7O2/c15-10-3-1-9(2-4-10)12-6-5-11(24-12)7-17-18-13(23)8-22-14(16)19-20-21-22/h1-7H,8H2,(H,18,23)(H2,16,19,21)/b17-7-. The number of carbonyl (C=O) groups excluding carboxylic acids is 1. The van der Waals surface area contributed by atoms with Crippen LogP contribution in [0.15, 0.2) is 45.9 Å². The van der Waals surface area contributed by atoms with Crippen molar-refractivity contribution in [3.63, 3.8) is 0 Å². The first kappa shape index (κ1) is 15.3. The van der Waals surface area contributed by atoms with Crippen molar-refractivity contribution in [1.82, 2.24) is 25.6 Å². The third-order valence-electron chi connectivity index (χ3n) is 2.99. The molecule has 3 N–H and O–H groups in total. The average Bonchev–Trinajstić information content (AvgIpc) is 3.18. The van der Waals surface area contributed by atoms with E-state index < -0.39 is 5.91 Å². The number of aromatic nitrogens is 4. The number of nitrogens with zero attached hydrogens (tertiary/aromatic N) is 5. The zero-order valence-electron chi connectivity index (χ0n) is 12.3. The normalized spacial score (nSPS) is 11.0. The minimum Gasteiger partial charge on any atom is -0.455 e. The van der Waals surface area contributed by atoms with Gasteiger partial charge in [0.2, 0.25) is 5.95 Å². The highest BCUT2D eigenvalue weighted by Gasteiger charge is 2.07. The van der Waals surface area contributed by atoms with Crippen molar-refractivity contribution < 1.29 is 13.6 Å². The van der Waals surface area contributed by atoms with Gasteiger partial charge in [-0.2, -0.15) is 5.10 Å². The summed E-state index contributed by atoms with van der Waals surface area (Å²) in [6.07, 6.45) is 1.34. The molecule has 1 amide bonds. The molecule has 24 heavy (non-hydrogen) atoms. The van der Waals surface area contributed by atoms with Crippen LogP contribution in [-0.2, 0) is 11.3 Å². The van der Waals surface area contributed by atoms with Gasteiger partial charge in [0.05, 0.1) is 6.21 Å². The van der Waals surface area contributed by atoms with Gasteiger partial charge in [-0.15, -0.1) is 0 Å². The second-order valence-electron chi connectivity index (χ2n) is 4.70. The fourth-order valence-electron chi connectivity index (χ4n) is 1.85. The molecule has 0 fully saturated rings. The van der Waals surface area contributed by atoms with Crippen molar-refractivity contribution >= 4 is 18.1 Å². The van der Waals surface area contributed by atoms with E-state index in [1.165, 1.54) is 18.3 Å². The van der Waals surface area contributed by atoms with E-state index in [9.17, 15) is 9.18 Å². The lowest BCUT2D eigenvalue weighted by Gasteiger charge is -1.99. The Balaban J connectivity index is 1.58. The van der Waals surface area contributed by atoms with Crippen molar-refractivity contribution in [2.45, 2.75) is 6.54 Å². The zero-order chi connectivity index (χ0) is 16.9. The molecule has 1 aromatic carbocycles. The molecule has 0 saturated carbocycles. The smallest absolute Gasteiger partial charge is 0.261 e. The summed E-state index contributed by atoms with van der Waals surface area (Å²) in [4.78, 5) is 11.6. The number of amides is 1. The molecule has 2 aromatic heterocycles. The number of hydrogen-bond donors (Lipinski definition) is 2. The van der Waals surface area contributed by atoms with E-state index >= 15 is 0 Å². The van der Waals surface area contributed by atoms with Gasteiger partial charge < -0.3 is 10.2 Å². The Hall–Kier alpha value is -3.56. The van der Waals surface area contributed by atoms with Crippen molar-refractivity contribution in [3.05, 3.63) is 48.0 Å². The third-order valence-corrected chi connectivity index (χ3v) is 2.99. The molecule has 0 unspecified atom stereocenters. The lowest BCUT2D eigenvalue weighted by Crippen LogP contribution is -2.24. The van der Waals surface area contributed by atoms with Gasteiger partial charge in [-0.25, -0.2) is 14.5 Å². The van der Waals surface area contributed by atoms with Gasteiger partial charge in [-0.05, 0) is 46.8 Å². The number of anilines is 1. The first-order valence-corrected chi connectivity index (χ1v) is 6.81. The number of hydrogen-bond acceptors (Lipinski definition) is 7. The van der Waals surface area contributed by atoms with E-state index in [0.717, 1.165) is 10.2 Å². The Bertz CT molecular complexity index is 869. The van der Waals surface area contributed by atoms with Gasteiger partial charge in [0.1, 0.15) is 23.9 Å². The number of hydrazone groups is 1. The number of rotatable bonds is 5. The number of furan rings is 1. The highest BCUT2D eigenvalue weighted by atomic mass is 19.1. The minimum atomic E-state index is -0.449. The van der Waals surface area contributed by atoms with Crippen molar-refractivity contribution in [1.29, 1.82) is 0 Å². The highest BCUT2D eigenvalue weighted by molar-refractivity contribution is 5.81. The quantitative estimate of drug-likeness (QED) is 0.527. The van der Waals surface area contributed by atoms with E-state index in [1.807, 2.05) is 0 Å². The van der Waals surface area contributed by atoms with Gasteiger partial charge in [0, 0.05) is 5.56 Å². The van der Waals surface area contributed by atoms with Gasteiger partial charge >= 0.3 is 0 Å². The second-order valence-corrected chi connectivity index (χ2v) is 4.70. The Morgan fingerprint density at radius 1 is 1.33 bits per heavy atom. The maximum atomic E-state index is 12.9. The van der Waals surface area contributed by atoms with Crippen LogP contribution >= 0.6 is 0 Å². The molecule has 0 aliphatic heterocycles. The van der Waals surface area contributed by atoms with Crippen LogP contribution in [0, 0.1) is 5.82 Å².